The molecule has 0 saturated carbocycles. The van der Waals surface area contributed by atoms with E-state index in [-0.39, 0.29) is 0 Å². The molecule has 0 aromatic heterocycles. The van der Waals surface area contributed by atoms with Crippen LogP contribution in [0.1, 0.15) is 11.6 Å². The number of benzene rings is 1. The van der Waals surface area contributed by atoms with Gasteiger partial charge in [0.05, 0.1) is 6.61 Å². The Bertz CT molecular complexity index is 358. The molecule has 0 fully saturated rings. The number of amides is 1. The summed E-state index contributed by atoms with van der Waals surface area (Å²) in [6.45, 7) is 0.930. The second-order valence-corrected chi connectivity index (χ2v) is 3.34. The number of nitrogens with two attached hydrogens (primary N) is 1. The molecule has 88 valence electrons. The smallest absolute Gasteiger partial charge is 0.239 e. The number of hydrogen-bond acceptors (Lipinski definition) is 3. The second-order valence-electron chi connectivity index (χ2n) is 3.34. The minimum atomic E-state index is -0.689. The van der Waals surface area contributed by atoms with Crippen LogP contribution in [0.4, 0.5) is 4.39 Å². The molecule has 1 rings (SSSR count). The summed E-state index contributed by atoms with van der Waals surface area (Å²) in [4.78, 5) is 11.2. The van der Waals surface area contributed by atoms with Crippen LogP contribution in [0.5, 0.6) is 0 Å². The molecule has 0 heterocycles. The van der Waals surface area contributed by atoms with E-state index in [4.69, 9.17) is 10.5 Å². The Morgan fingerprint density at radius 3 is 2.94 bits per heavy atom. The van der Waals surface area contributed by atoms with E-state index in [0.717, 1.165) is 0 Å². The zero-order chi connectivity index (χ0) is 12.0. The van der Waals surface area contributed by atoms with Gasteiger partial charge in [-0.05, 0) is 17.7 Å². The highest BCUT2D eigenvalue weighted by molar-refractivity contribution is 5.81. The van der Waals surface area contributed by atoms with Crippen LogP contribution >= 0.6 is 0 Å². The van der Waals surface area contributed by atoms with E-state index in [2.05, 4.69) is 5.32 Å². The van der Waals surface area contributed by atoms with E-state index >= 15 is 0 Å². The normalized spacial score (nSPS) is 12.4. The Labute approximate surface area is 93.6 Å². The predicted octanol–water partition coefficient (Wildman–Crippen LogP) is 0.588. The first-order valence-corrected chi connectivity index (χ1v) is 4.92. The topological polar surface area (TPSA) is 64.3 Å². The van der Waals surface area contributed by atoms with Gasteiger partial charge in [-0.1, -0.05) is 12.1 Å². The molecule has 1 atom stereocenters. The number of nitrogens with one attached hydrogen (secondary N) is 1. The number of ether oxygens (including phenoxy) is 1. The number of hydrogen-bond donors (Lipinski definition) is 2. The van der Waals surface area contributed by atoms with Crippen LogP contribution in [0.2, 0.25) is 0 Å². The molecule has 0 bridgehead atoms. The largest absolute Gasteiger partial charge is 0.383 e. The standard InChI is InChI=1S/C11H15FN2O2/c1-16-6-5-14-10(11(13)15)8-3-2-4-9(12)7-8/h2-4,7,10,14H,5-6H2,1H3,(H2,13,15). The van der Waals surface area contributed by atoms with Crippen LogP contribution < -0.4 is 11.1 Å². The molecule has 3 N–H and O–H groups in total. The quantitative estimate of drug-likeness (QED) is 0.698. The number of carbonyl (C=O) groups is 1. The van der Waals surface area contributed by atoms with Crippen molar-refractivity contribution in [2.75, 3.05) is 20.3 Å². The van der Waals surface area contributed by atoms with Gasteiger partial charge in [-0.15, -0.1) is 0 Å². The molecule has 4 nitrogen and oxygen atoms in total. The zero-order valence-corrected chi connectivity index (χ0v) is 9.07. The predicted molar refractivity (Wildman–Crippen MR) is 58.2 cm³/mol. The maximum Gasteiger partial charge on any atom is 0.239 e. The van der Waals surface area contributed by atoms with Crippen molar-refractivity contribution in [1.82, 2.24) is 5.32 Å². The van der Waals surface area contributed by atoms with Gasteiger partial charge in [0.15, 0.2) is 0 Å². The summed E-state index contributed by atoms with van der Waals surface area (Å²) in [5, 5.41) is 2.90. The average molecular weight is 226 g/mol. The van der Waals surface area contributed by atoms with Crippen molar-refractivity contribution in [3.05, 3.63) is 35.6 Å². The van der Waals surface area contributed by atoms with Crippen LogP contribution in [0.3, 0.4) is 0 Å². The Balaban J connectivity index is 2.73. The second kappa shape index (κ2) is 6.19. The Morgan fingerprint density at radius 1 is 1.62 bits per heavy atom. The van der Waals surface area contributed by atoms with E-state index < -0.39 is 17.8 Å². The fourth-order valence-electron chi connectivity index (χ4n) is 1.37. The van der Waals surface area contributed by atoms with Crippen molar-refractivity contribution in [2.24, 2.45) is 5.73 Å². The summed E-state index contributed by atoms with van der Waals surface area (Å²) >= 11 is 0. The van der Waals surface area contributed by atoms with E-state index in [0.29, 0.717) is 18.7 Å². The number of primary amides is 1. The van der Waals surface area contributed by atoms with Gasteiger partial charge in [0, 0.05) is 13.7 Å². The lowest BCUT2D eigenvalue weighted by Gasteiger charge is -2.15. The number of carbonyl (C=O) groups excluding carboxylic acids is 1. The minimum Gasteiger partial charge on any atom is -0.383 e. The van der Waals surface area contributed by atoms with Crippen molar-refractivity contribution < 1.29 is 13.9 Å². The van der Waals surface area contributed by atoms with Crippen molar-refractivity contribution >= 4 is 5.91 Å². The average Bonchev–Trinajstić information content (AvgIpc) is 2.24. The zero-order valence-electron chi connectivity index (χ0n) is 9.07. The highest BCUT2D eigenvalue weighted by atomic mass is 19.1. The van der Waals surface area contributed by atoms with Crippen molar-refractivity contribution in [1.29, 1.82) is 0 Å². The molecule has 0 aliphatic carbocycles. The maximum absolute atomic E-state index is 13.0. The summed E-state index contributed by atoms with van der Waals surface area (Å²) in [6, 6.07) is 5.11. The number of halogens is 1. The van der Waals surface area contributed by atoms with Crippen molar-refractivity contribution in [3.8, 4) is 0 Å². The molecule has 5 heteroatoms. The van der Waals surface area contributed by atoms with Gasteiger partial charge < -0.3 is 10.5 Å². The van der Waals surface area contributed by atoms with Crippen LogP contribution in [0.25, 0.3) is 0 Å². The first kappa shape index (κ1) is 12.6. The van der Waals surface area contributed by atoms with Gasteiger partial charge in [0.25, 0.3) is 0 Å². The van der Waals surface area contributed by atoms with E-state index in [1.807, 2.05) is 0 Å². The first-order chi connectivity index (χ1) is 7.65. The number of methoxy groups -OCH3 is 1. The molecule has 0 aliphatic heterocycles. The molecule has 1 aromatic rings. The fourth-order valence-corrected chi connectivity index (χ4v) is 1.37. The van der Waals surface area contributed by atoms with Crippen molar-refractivity contribution in [3.63, 3.8) is 0 Å². The van der Waals surface area contributed by atoms with Gasteiger partial charge in [-0.25, -0.2) is 4.39 Å². The van der Waals surface area contributed by atoms with Crippen LogP contribution in [-0.2, 0) is 9.53 Å². The molecule has 16 heavy (non-hydrogen) atoms. The Morgan fingerprint density at radius 2 is 2.38 bits per heavy atom. The third-order valence-corrected chi connectivity index (χ3v) is 2.12. The first-order valence-electron chi connectivity index (χ1n) is 4.92. The summed E-state index contributed by atoms with van der Waals surface area (Å²) in [5.41, 5.74) is 5.75. The lowest BCUT2D eigenvalue weighted by molar-refractivity contribution is -0.120. The lowest BCUT2D eigenvalue weighted by Crippen LogP contribution is -2.35. The molecule has 0 aliphatic rings. The molecular weight excluding hydrogens is 211 g/mol. The summed E-state index contributed by atoms with van der Waals surface area (Å²) in [6.07, 6.45) is 0. The van der Waals surface area contributed by atoms with E-state index in [1.54, 1.807) is 19.2 Å². The number of rotatable bonds is 6. The highest BCUT2D eigenvalue weighted by Crippen LogP contribution is 2.13. The fraction of sp³-hybridized carbons (Fsp3) is 0.364. The molecule has 0 saturated heterocycles. The van der Waals surface area contributed by atoms with Gasteiger partial charge >= 0.3 is 0 Å². The minimum absolute atomic E-state index is 0.391. The van der Waals surface area contributed by atoms with Gasteiger partial charge in [0.2, 0.25) is 5.91 Å². The highest BCUT2D eigenvalue weighted by Gasteiger charge is 2.16. The van der Waals surface area contributed by atoms with E-state index in [9.17, 15) is 9.18 Å². The lowest BCUT2D eigenvalue weighted by atomic mass is 10.1. The van der Waals surface area contributed by atoms with Crippen LogP contribution in [0.15, 0.2) is 24.3 Å². The summed E-state index contributed by atoms with van der Waals surface area (Å²) in [5.74, 6) is -0.931. The van der Waals surface area contributed by atoms with Gasteiger partial charge in [-0.2, -0.15) is 0 Å². The van der Waals surface area contributed by atoms with E-state index in [1.165, 1.54) is 12.1 Å². The Hall–Kier alpha value is -1.46. The molecule has 1 aromatic carbocycles. The van der Waals surface area contributed by atoms with Gasteiger partial charge in [0.1, 0.15) is 11.9 Å². The third kappa shape index (κ3) is 3.60. The Kier molecular flexibility index (Phi) is 4.88. The molecule has 1 amide bonds. The molecular formula is C11H15FN2O2. The van der Waals surface area contributed by atoms with Gasteiger partial charge in [-0.3, -0.25) is 10.1 Å². The van der Waals surface area contributed by atoms with Crippen molar-refractivity contribution in [2.45, 2.75) is 6.04 Å². The molecule has 0 radical (unpaired) electrons. The monoisotopic (exact) mass is 226 g/mol. The van der Waals surface area contributed by atoms with Crippen LogP contribution in [-0.4, -0.2) is 26.2 Å². The van der Waals surface area contributed by atoms with Crippen LogP contribution in [0, 0.1) is 5.82 Å². The summed E-state index contributed by atoms with van der Waals surface area (Å²) in [7, 11) is 1.56. The molecule has 0 spiro atoms. The SMILES string of the molecule is COCCNC(C(N)=O)c1cccc(F)c1. The third-order valence-electron chi connectivity index (χ3n) is 2.12. The summed E-state index contributed by atoms with van der Waals surface area (Å²) < 4.78 is 17.8. The maximum atomic E-state index is 13.0. The molecule has 1 unspecified atom stereocenters.